The number of aliphatic hydroxyl groups is 1. The van der Waals surface area contributed by atoms with Crippen LogP contribution in [0.3, 0.4) is 0 Å². The van der Waals surface area contributed by atoms with Gasteiger partial charge in [0, 0.05) is 18.4 Å². The summed E-state index contributed by atoms with van der Waals surface area (Å²) in [5, 5.41) is 17.7. The Hall–Kier alpha value is -0.880. The zero-order valence-electron chi connectivity index (χ0n) is 10.7. The first-order chi connectivity index (χ1) is 8.20. The van der Waals surface area contributed by atoms with Crippen molar-refractivity contribution in [2.45, 2.75) is 51.9 Å². The number of nitriles is 1. The molecule has 0 aromatic carbocycles. The van der Waals surface area contributed by atoms with E-state index in [9.17, 15) is 4.79 Å². The summed E-state index contributed by atoms with van der Waals surface area (Å²) in [4.78, 5) is 11.9. The van der Waals surface area contributed by atoms with Crippen molar-refractivity contribution < 1.29 is 9.90 Å². The maximum atomic E-state index is 11.9. The van der Waals surface area contributed by atoms with E-state index in [4.69, 9.17) is 10.4 Å². The SMILES string of the molecule is CC1CC(C#N)C(CCCCCCCO)C1=O. The maximum absolute atomic E-state index is 11.9. The molecule has 0 bridgehead atoms. The van der Waals surface area contributed by atoms with Gasteiger partial charge < -0.3 is 5.11 Å². The Morgan fingerprint density at radius 2 is 1.94 bits per heavy atom. The molecule has 0 aliphatic heterocycles. The van der Waals surface area contributed by atoms with E-state index in [1.54, 1.807) is 0 Å². The molecule has 3 atom stereocenters. The predicted molar refractivity (Wildman–Crippen MR) is 66.2 cm³/mol. The Balaban J connectivity index is 2.21. The molecule has 3 nitrogen and oxygen atoms in total. The van der Waals surface area contributed by atoms with Crippen LogP contribution in [0.4, 0.5) is 0 Å². The van der Waals surface area contributed by atoms with Gasteiger partial charge >= 0.3 is 0 Å². The first-order valence-corrected chi connectivity index (χ1v) is 6.75. The Labute approximate surface area is 104 Å². The van der Waals surface area contributed by atoms with Gasteiger partial charge in [-0.25, -0.2) is 0 Å². The molecule has 1 fully saturated rings. The molecule has 0 spiro atoms. The fourth-order valence-electron chi connectivity index (χ4n) is 2.72. The fourth-order valence-corrected chi connectivity index (χ4v) is 2.72. The molecule has 1 N–H and O–H groups in total. The monoisotopic (exact) mass is 237 g/mol. The Kier molecular flexibility index (Phi) is 6.21. The molecule has 3 unspecified atom stereocenters. The van der Waals surface area contributed by atoms with Crippen LogP contribution in [-0.4, -0.2) is 17.5 Å². The highest BCUT2D eigenvalue weighted by atomic mass is 16.2. The van der Waals surface area contributed by atoms with Gasteiger partial charge in [0.15, 0.2) is 0 Å². The molecule has 0 amide bonds. The molecule has 1 aliphatic carbocycles. The summed E-state index contributed by atoms with van der Waals surface area (Å²) in [5.41, 5.74) is 0. The average molecular weight is 237 g/mol. The quantitative estimate of drug-likeness (QED) is 0.692. The molecule has 0 radical (unpaired) electrons. The molecule has 3 heteroatoms. The zero-order chi connectivity index (χ0) is 12.7. The molecular formula is C14H23NO2. The van der Waals surface area contributed by atoms with Gasteiger partial charge in [0.2, 0.25) is 0 Å². The van der Waals surface area contributed by atoms with Crippen LogP contribution in [-0.2, 0) is 4.79 Å². The third kappa shape index (κ3) is 4.12. The van der Waals surface area contributed by atoms with Gasteiger partial charge in [0.25, 0.3) is 0 Å². The van der Waals surface area contributed by atoms with Crippen LogP contribution in [0.15, 0.2) is 0 Å². The number of aliphatic hydroxyl groups excluding tert-OH is 1. The second-order valence-electron chi connectivity index (χ2n) is 5.16. The number of hydrogen-bond donors (Lipinski definition) is 1. The van der Waals surface area contributed by atoms with Crippen LogP contribution in [0.1, 0.15) is 51.9 Å². The lowest BCUT2D eigenvalue weighted by molar-refractivity contribution is -0.123. The van der Waals surface area contributed by atoms with Crippen molar-refractivity contribution in [3.8, 4) is 6.07 Å². The molecule has 0 aromatic rings. The molecule has 1 rings (SSSR count). The minimum atomic E-state index is -0.0464. The highest BCUT2D eigenvalue weighted by Gasteiger charge is 2.39. The summed E-state index contributed by atoms with van der Waals surface area (Å²) in [6.45, 7) is 2.21. The van der Waals surface area contributed by atoms with E-state index in [2.05, 4.69) is 6.07 Å². The summed E-state index contributed by atoms with van der Waals surface area (Å²) >= 11 is 0. The van der Waals surface area contributed by atoms with Gasteiger partial charge in [-0.05, 0) is 19.3 Å². The zero-order valence-corrected chi connectivity index (χ0v) is 10.7. The maximum Gasteiger partial charge on any atom is 0.140 e. The smallest absolute Gasteiger partial charge is 0.140 e. The summed E-state index contributed by atoms with van der Waals surface area (Å²) in [7, 11) is 0. The molecule has 1 aliphatic rings. The van der Waals surface area contributed by atoms with Crippen LogP contribution >= 0.6 is 0 Å². The van der Waals surface area contributed by atoms with E-state index in [0.717, 1.165) is 44.9 Å². The van der Waals surface area contributed by atoms with Gasteiger partial charge in [-0.15, -0.1) is 0 Å². The van der Waals surface area contributed by atoms with Gasteiger partial charge in [0.1, 0.15) is 5.78 Å². The van der Waals surface area contributed by atoms with E-state index in [-0.39, 0.29) is 24.4 Å². The van der Waals surface area contributed by atoms with Crippen LogP contribution in [0.2, 0.25) is 0 Å². The Morgan fingerprint density at radius 1 is 1.29 bits per heavy atom. The number of rotatable bonds is 7. The van der Waals surface area contributed by atoms with Crippen LogP contribution in [0.25, 0.3) is 0 Å². The van der Waals surface area contributed by atoms with Crippen LogP contribution in [0.5, 0.6) is 0 Å². The number of Topliss-reactive ketones (excluding diaryl/α,β-unsaturated/α-hetero) is 1. The third-order valence-electron chi connectivity index (χ3n) is 3.78. The van der Waals surface area contributed by atoms with Gasteiger partial charge in [-0.1, -0.05) is 32.6 Å². The second kappa shape index (κ2) is 7.45. The molecular weight excluding hydrogens is 214 g/mol. The normalized spacial score (nSPS) is 28.3. The summed E-state index contributed by atoms with van der Waals surface area (Å²) in [5.74, 6) is 0.328. The van der Waals surface area contributed by atoms with Crippen LogP contribution < -0.4 is 0 Å². The van der Waals surface area contributed by atoms with Crippen molar-refractivity contribution in [2.75, 3.05) is 6.61 Å². The molecule has 0 saturated heterocycles. The lowest BCUT2D eigenvalue weighted by Gasteiger charge is -2.11. The first-order valence-electron chi connectivity index (χ1n) is 6.75. The molecule has 0 aromatic heterocycles. The predicted octanol–water partition coefficient (Wildman–Crippen LogP) is 2.68. The molecule has 17 heavy (non-hydrogen) atoms. The van der Waals surface area contributed by atoms with Crippen molar-refractivity contribution >= 4 is 5.78 Å². The lowest BCUT2D eigenvalue weighted by atomic mass is 9.91. The van der Waals surface area contributed by atoms with E-state index in [1.165, 1.54) is 0 Å². The van der Waals surface area contributed by atoms with Crippen molar-refractivity contribution in [1.82, 2.24) is 0 Å². The first kappa shape index (κ1) is 14.2. The van der Waals surface area contributed by atoms with Crippen molar-refractivity contribution in [3.05, 3.63) is 0 Å². The van der Waals surface area contributed by atoms with E-state index < -0.39 is 0 Å². The average Bonchev–Trinajstić information content (AvgIpc) is 2.60. The van der Waals surface area contributed by atoms with Crippen molar-refractivity contribution in [2.24, 2.45) is 17.8 Å². The molecule has 96 valence electrons. The van der Waals surface area contributed by atoms with E-state index in [0.29, 0.717) is 5.78 Å². The van der Waals surface area contributed by atoms with Gasteiger partial charge in [-0.2, -0.15) is 5.26 Å². The third-order valence-corrected chi connectivity index (χ3v) is 3.78. The highest BCUT2D eigenvalue weighted by molar-refractivity contribution is 5.86. The van der Waals surface area contributed by atoms with Crippen molar-refractivity contribution in [3.63, 3.8) is 0 Å². The van der Waals surface area contributed by atoms with E-state index in [1.807, 2.05) is 6.92 Å². The lowest BCUT2D eigenvalue weighted by Crippen LogP contribution is -2.15. The summed E-state index contributed by atoms with van der Waals surface area (Å²) in [6.07, 6.45) is 6.83. The summed E-state index contributed by atoms with van der Waals surface area (Å²) in [6, 6.07) is 2.28. The highest BCUT2D eigenvalue weighted by Crippen LogP contribution is 2.35. The number of carbonyl (C=O) groups excluding carboxylic acids is 1. The molecule has 0 heterocycles. The van der Waals surface area contributed by atoms with Gasteiger partial charge in [0.05, 0.1) is 12.0 Å². The fraction of sp³-hybridized carbons (Fsp3) is 0.857. The minimum absolute atomic E-state index is 0.00663. The van der Waals surface area contributed by atoms with Gasteiger partial charge in [-0.3, -0.25) is 4.79 Å². The topological polar surface area (TPSA) is 61.1 Å². The largest absolute Gasteiger partial charge is 0.396 e. The number of carbonyl (C=O) groups is 1. The molecule has 1 saturated carbocycles. The van der Waals surface area contributed by atoms with Crippen molar-refractivity contribution in [1.29, 1.82) is 5.26 Å². The minimum Gasteiger partial charge on any atom is -0.396 e. The second-order valence-corrected chi connectivity index (χ2v) is 5.16. The summed E-state index contributed by atoms with van der Waals surface area (Å²) < 4.78 is 0. The number of nitrogens with zero attached hydrogens (tertiary/aromatic N) is 1. The van der Waals surface area contributed by atoms with E-state index >= 15 is 0 Å². The Morgan fingerprint density at radius 3 is 2.59 bits per heavy atom. The Bertz CT molecular complexity index is 282. The number of ketones is 1. The number of unbranched alkanes of at least 4 members (excludes halogenated alkanes) is 4. The standard InChI is InChI=1S/C14H23NO2/c1-11-9-12(10-15)13(14(11)17)7-5-3-2-4-6-8-16/h11-13,16H,2-9H2,1H3. The van der Waals surface area contributed by atoms with Crippen LogP contribution in [0, 0.1) is 29.1 Å². The number of hydrogen-bond acceptors (Lipinski definition) is 3.